The lowest BCUT2D eigenvalue weighted by Gasteiger charge is -2.37. The van der Waals surface area contributed by atoms with Crippen LogP contribution in [-0.2, 0) is 9.53 Å². The zero-order valence-corrected chi connectivity index (χ0v) is 12.8. The van der Waals surface area contributed by atoms with Gasteiger partial charge in [-0.05, 0) is 18.9 Å². The molecule has 1 aliphatic rings. The number of amides is 2. The van der Waals surface area contributed by atoms with Crippen LogP contribution >= 0.6 is 0 Å². The Hall–Kier alpha value is -2.15. The van der Waals surface area contributed by atoms with Gasteiger partial charge in [0.25, 0.3) is 5.91 Å². The molecular formula is C15H21N3O4. The van der Waals surface area contributed by atoms with Gasteiger partial charge in [0.15, 0.2) is 0 Å². The first kappa shape index (κ1) is 16.2. The van der Waals surface area contributed by atoms with Crippen molar-refractivity contribution in [2.24, 2.45) is 0 Å². The Labute approximate surface area is 129 Å². The van der Waals surface area contributed by atoms with Crippen molar-refractivity contribution < 1.29 is 19.4 Å². The summed E-state index contributed by atoms with van der Waals surface area (Å²) in [6.07, 6.45) is 4.38. The molecule has 2 rings (SSSR count). The summed E-state index contributed by atoms with van der Waals surface area (Å²) >= 11 is 0. The van der Waals surface area contributed by atoms with Crippen LogP contribution in [0.2, 0.25) is 0 Å². The number of nitrogens with one attached hydrogen (secondary N) is 1. The average Bonchev–Trinajstić information content (AvgIpc) is 2.90. The molecule has 1 atom stereocenters. The molecule has 0 aliphatic carbocycles. The lowest BCUT2D eigenvalue weighted by Crippen LogP contribution is -2.52. The third kappa shape index (κ3) is 3.19. The number of rotatable bonds is 5. The fraction of sp³-hybridized carbons (Fsp3) is 0.533. The first-order chi connectivity index (χ1) is 10.5. The minimum absolute atomic E-state index is 0.0614. The van der Waals surface area contributed by atoms with E-state index in [4.69, 9.17) is 4.74 Å². The SMILES string of the molecule is CNC(=O)C[C@@]1(COC)CCCN1C(=O)c1cncc(O)c1. The van der Waals surface area contributed by atoms with Crippen molar-refractivity contribution in [3.63, 3.8) is 0 Å². The predicted octanol–water partition coefficient (Wildman–Crippen LogP) is 0.545. The van der Waals surface area contributed by atoms with Gasteiger partial charge in [-0.2, -0.15) is 0 Å². The molecule has 1 fully saturated rings. The number of carbonyl (C=O) groups is 2. The lowest BCUT2D eigenvalue weighted by molar-refractivity contribution is -0.123. The first-order valence-corrected chi connectivity index (χ1v) is 7.18. The summed E-state index contributed by atoms with van der Waals surface area (Å²) in [7, 11) is 3.13. The second-order valence-electron chi connectivity index (χ2n) is 5.50. The van der Waals surface area contributed by atoms with E-state index >= 15 is 0 Å². The number of aromatic nitrogens is 1. The number of aromatic hydroxyl groups is 1. The molecule has 0 radical (unpaired) electrons. The van der Waals surface area contributed by atoms with E-state index in [9.17, 15) is 14.7 Å². The monoisotopic (exact) mass is 307 g/mol. The standard InChI is InChI=1S/C15H21N3O4/c1-16-13(20)7-15(10-22-2)4-3-5-18(15)14(21)11-6-12(19)9-17-8-11/h6,8-9,19H,3-5,7,10H2,1-2H3,(H,16,20)/t15-/m1/s1. The summed E-state index contributed by atoms with van der Waals surface area (Å²) in [6, 6.07) is 1.38. The highest BCUT2D eigenvalue weighted by atomic mass is 16.5. The zero-order valence-electron chi connectivity index (χ0n) is 12.8. The molecule has 0 saturated carbocycles. The number of ether oxygens (including phenoxy) is 1. The van der Waals surface area contributed by atoms with E-state index in [0.717, 1.165) is 6.42 Å². The quantitative estimate of drug-likeness (QED) is 0.828. The average molecular weight is 307 g/mol. The van der Waals surface area contributed by atoms with Crippen LogP contribution in [0.1, 0.15) is 29.6 Å². The summed E-state index contributed by atoms with van der Waals surface area (Å²) < 4.78 is 5.28. The van der Waals surface area contributed by atoms with Crippen LogP contribution in [0.3, 0.4) is 0 Å². The number of pyridine rings is 1. The van der Waals surface area contributed by atoms with Crippen molar-refractivity contribution in [3.8, 4) is 5.75 Å². The summed E-state index contributed by atoms with van der Waals surface area (Å²) in [4.78, 5) is 30.1. The van der Waals surface area contributed by atoms with Crippen molar-refractivity contribution >= 4 is 11.8 Å². The van der Waals surface area contributed by atoms with Gasteiger partial charge in [-0.25, -0.2) is 0 Å². The van der Waals surface area contributed by atoms with E-state index < -0.39 is 5.54 Å². The molecule has 0 spiro atoms. The largest absolute Gasteiger partial charge is 0.506 e. The Bertz CT molecular complexity index is 563. The van der Waals surface area contributed by atoms with Gasteiger partial charge in [0.1, 0.15) is 5.75 Å². The van der Waals surface area contributed by atoms with Crippen LogP contribution in [0.5, 0.6) is 5.75 Å². The Balaban J connectivity index is 2.30. The van der Waals surface area contributed by atoms with Crippen LogP contribution in [0, 0.1) is 0 Å². The van der Waals surface area contributed by atoms with Crippen molar-refractivity contribution in [3.05, 3.63) is 24.0 Å². The Morgan fingerprint density at radius 3 is 2.91 bits per heavy atom. The molecule has 1 saturated heterocycles. The topological polar surface area (TPSA) is 91.8 Å². The molecule has 1 aromatic rings. The van der Waals surface area contributed by atoms with E-state index in [0.29, 0.717) is 25.1 Å². The maximum absolute atomic E-state index is 12.7. The number of hydrogen-bond donors (Lipinski definition) is 2. The maximum atomic E-state index is 12.7. The van der Waals surface area contributed by atoms with Crippen LogP contribution in [0.4, 0.5) is 0 Å². The highest BCUT2D eigenvalue weighted by Gasteiger charge is 2.45. The normalized spacial score (nSPS) is 20.9. The fourth-order valence-electron chi connectivity index (χ4n) is 3.00. The maximum Gasteiger partial charge on any atom is 0.256 e. The molecule has 7 nitrogen and oxygen atoms in total. The number of hydrogen-bond acceptors (Lipinski definition) is 5. The van der Waals surface area contributed by atoms with Crippen LogP contribution in [-0.4, -0.2) is 59.7 Å². The Morgan fingerprint density at radius 2 is 2.27 bits per heavy atom. The zero-order chi connectivity index (χ0) is 16.2. The summed E-state index contributed by atoms with van der Waals surface area (Å²) in [5.74, 6) is -0.443. The third-order valence-electron chi connectivity index (χ3n) is 3.99. The molecule has 1 aliphatic heterocycles. The van der Waals surface area contributed by atoms with Gasteiger partial charge >= 0.3 is 0 Å². The first-order valence-electron chi connectivity index (χ1n) is 7.18. The van der Waals surface area contributed by atoms with Crippen molar-refractivity contribution in [1.82, 2.24) is 15.2 Å². The minimum atomic E-state index is -0.655. The molecule has 0 unspecified atom stereocenters. The molecular weight excluding hydrogens is 286 g/mol. The van der Waals surface area contributed by atoms with Crippen molar-refractivity contribution in [2.75, 3.05) is 27.3 Å². The fourth-order valence-corrected chi connectivity index (χ4v) is 3.00. The van der Waals surface area contributed by atoms with Crippen LogP contribution in [0.15, 0.2) is 18.5 Å². The summed E-state index contributed by atoms with van der Waals surface area (Å²) in [5.41, 5.74) is -0.350. The Kier molecular flexibility index (Phi) is 4.97. The molecule has 2 amide bonds. The molecule has 0 bridgehead atoms. The number of nitrogens with zero attached hydrogens (tertiary/aromatic N) is 2. The van der Waals surface area contributed by atoms with E-state index in [1.54, 1.807) is 19.1 Å². The van der Waals surface area contributed by atoms with Gasteiger partial charge in [-0.1, -0.05) is 0 Å². The molecule has 2 N–H and O–H groups in total. The lowest BCUT2D eigenvalue weighted by atomic mass is 9.91. The van der Waals surface area contributed by atoms with E-state index in [1.807, 2.05) is 0 Å². The van der Waals surface area contributed by atoms with Crippen LogP contribution in [0.25, 0.3) is 0 Å². The van der Waals surface area contributed by atoms with E-state index in [-0.39, 0.29) is 24.0 Å². The van der Waals surface area contributed by atoms with Gasteiger partial charge in [0, 0.05) is 26.9 Å². The van der Waals surface area contributed by atoms with E-state index in [1.165, 1.54) is 18.5 Å². The molecule has 1 aromatic heterocycles. The molecule has 2 heterocycles. The van der Waals surface area contributed by atoms with Gasteiger partial charge in [0.2, 0.25) is 5.91 Å². The highest BCUT2D eigenvalue weighted by Crippen LogP contribution is 2.34. The highest BCUT2D eigenvalue weighted by molar-refractivity contribution is 5.95. The summed E-state index contributed by atoms with van der Waals surface area (Å²) in [5, 5.41) is 12.1. The molecule has 0 aromatic carbocycles. The molecule has 22 heavy (non-hydrogen) atoms. The predicted molar refractivity (Wildman–Crippen MR) is 79.5 cm³/mol. The Morgan fingerprint density at radius 1 is 1.50 bits per heavy atom. The van der Waals surface area contributed by atoms with E-state index in [2.05, 4.69) is 10.3 Å². The van der Waals surface area contributed by atoms with Crippen LogP contribution < -0.4 is 5.32 Å². The van der Waals surface area contributed by atoms with Gasteiger partial charge in [-0.15, -0.1) is 0 Å². The number of carbonyl (C=O) groups excluding carboxylic acids is 2. The molecule has 7 heteroatoms. The third-order valence-corrected chi connectivity index (χ3v) is 3.99. The van der Waals surface area contributed by atoms with Crippen molar-refractivity contribution in [2.45, 2.75) is 24.8 Å². The van der Waals surface area contributed by atoms with Crippen molar-refractivity contribution in [1.29, 1.82) is 0 Å². The second kappa shape index (κ2) is 6.74. The number of methoxy groups -OCH3 is 1. The van der Waals surface area contributed by atoms with Gasteiger partial charge < -0.3 is 20.1 Å². The van der Waals surface area contributed by atoms with Gasteiger partial charge in [-0.3, -0.25) is 14.6 Å². The van der Waals surface area contributed by atoms with Gasteiger partial charge in [0.05, 0.1) is 30.3 Å². The minimum Gasteiger partial charge on any atom is -0.506 e. The smallest absolute Gasteiger partial charge is 0.256 e. The second-order valence-corrected chi connectivity index (χ2v) is 5.50. The molecule has 120 valence electrons. The number of likely N-dealkylation sites (tertiary alicyclic amines) is 1. The summed E-state index contributed by atoms with van der Waals surface area (Å²) in [6.45, 7) is 0.841.